The minimum Gasteiger partial charge on any atom is -0.497 e. The van der Waals surface area contributed by atoms with Crippen molar-refractivity contribution in [1.29, 1.82) is 0 Å². The number of ether oxygens (including phenoxy) is 1. The molecule has 0 radical (unpaired) electrons. The molecule has 114 valence electrons. The van der Waals surface area contributed by atoms with Gasteiger partial charge >= 0.3 is 0 Å². The number of methoxy groups -OCH3 is 1. The largest absolute Gasteiger partial charge is 0.497 e. The Kier molecular flexibility index (Phi) is 8.31. The van der Waals surface area contributed by atoms with Crippen LogP contribution in [0.5, 0.6) is 5.75 Å². The predicted molar refractivity (Wildman–Crippen MR) is 86.3 cm³/mol. The van der Waals surface area contributed by atoms with E-state index < -0.39 is 0 Å². The summed E-state index contributed by atoms with van der Waals surface area (Å²) in [6, 6.07) is 8.94. The number of hydrogen-bond donors (Lipinski definition) is 1. The molecule has 0 bridgehead atoms. The Morgan fingerprint density at radius 3 is 2.70 bits per heavy atom. The van der Waals surface area contributed by atoms with Gasteiger partial charge in [-0.05, 0) is 44.1 Å². The first kappa shape index (κ1) is 17.0. The zero-order chi connectivity index (χ0) is 14.8. The maximum Gasteiger partial charge on any atom is 0.119 e. The van der Waals surface area contributed by atoms with Crippen molar-refractivity contribution in [2.75, 3.05) is 27.2 Å². The van der Waals surface area contributed by atoms with E-state index in [4.69, 9.17) is 4.74 Å². The molecule has 0 aliphatic heterocycles. The van der Waals surface area contributed by atoms with Crippen LogP contribution in [0.15, 0.2) is 24.3 Å². The Hall–Kier alpha value is -1.06. The first-order valence-electron chi connectivity index (χ1n) is 7.75. The first-order valence-corrected chi connectivity index (χ1v) is 7.75. The molecule has 1 unspecified atom stereocenters. The second kappa shape index (κ2) is 9.78. The van der Waals surface area contributed by atoms with Crippen LogP contribution in [0.3, 0.4) is 0 Å². The molecule has 0 saturated heterocycles. The van der Waals surface area contributed by atoms with Gasteiger partial charge in [-0.3, -0.25) is 4.90 Å². The average Bonchev–Trinajstić information content (AvgIpc) is 2.46. The van der Waals surface area contributed by atoms with Crippen molar-refractivity contribution in [3.63, 3.8) is 0 Å². The number of benzene rings is 1. The zero-order valence-electron chi connectivity index (χ0n) is 13.5. The average molecular weight is 278 g/mol. The van der Waals surface area contributed by atoms with Crippen LogP contribution in [0, 0.1) is 0 Å². The van der Waals surface area contributed by atoms with Gasteiger partial charge in [-0.2, -0.15) is 0 Å². The number of hydrogen-bond acceptors (Lipinski definition) is 3. The van der Waals surface area contributed by atoms with Gasteiger partial charge in [0.25, 0.3) is 0 Å². The van der Waals surface area contributed by atoms with Crippen molar-refractivity contribution < 1.29 is 4.74 Å². The SMILES string of the molecule is CCCNCC(CCC)N(C)Cc1cccc(OC)c1. The van der Waals surface area contributed by atoms with E-state index in [-0.39, 0.29) is 0 Å². The van der Waals surface area contributed by atoms with Crippen LogP contribution in [-0.4, -0.2) is 38.2 Å². The number of likely N-dealkylation sites (N-methyl/N-ethyl adjacent to an activating group) is 1. The molecule has 3 nitrogen and oxygen atoms in total. The van der Waals surface area contributed by atoms with E-state index in [1.54, 1.807) is 7.11 Å². The number of rotatable bonds is 10. The van der Waals surface area contributed by atoms with Gasteiger partial charge in [0.2, 0.25) is 0 Å². The van der Waals surface area contributed by atoms with Crippen molar-refractivity contribution in [3.8, 4) is 5.75 Å². The summed E-state index contributed by atoms with van der Waals surface area (Å²) in [6.07, 6.45) is 3.65. The molecule has 1 aromatic rings. The van der Waals surface area contributed by atoms with E-state index in [1.165, 1.54) is 24.8 Å². The Balaban J connectivity index is 2.56. The number of nitrogens with zero attached hydrogens (tertiary/aromatic N) is 1. The predicted octanol–water partition coefficient (Wildman–Crippen LogP) is 3.30. The molecule has 0 amide bonds. The molecule has 0 aromatic heterocycles. The van der Waals surface area contributed by atoms with Crippen LogP contribution >= 0.6 is 0 Å². The van der Waals surface area contributed by atoms with E-state index in [0.717, 1.165) is 25.4 Å². The summed E-state index contributed by atoms with van der Waals surface area (Å²) in [4.78, 5) is 2.45. The standard InChI is InChI=1S/C17H30N2O/c1-5-8-16(13-18-11-6-2)19(3)14-15-9-7-10-17(12-15)20-4/h7,9-10,12,16,18H,5-6,8,11,13-14H2,1-4H3. The summed E-state index contributed by atoms with van der Waals surface area (Å²) < 4.78 is 5.29. The lowest BCUT2D eigenvalue weighted by Gasteiger charge is -2.28. The summed E-state index contributed by atoms with van der Waals surface area (Å²) >= 11 is 0. The number of nitrogens with one attached hydrogen (secondary N) is 1. The lowest BCUT2D eigenvalue weighted by molar-refractivity contribution is 0.215. The van der Waals surface area contributed by atoms with Gasteiger partial charge in [0.15, 0.2) is 0 Å². The topological polar surface area (TPSA) is 24.5 Å². The van der Waals surface area contributed by atoms with Crippen molar-refractivity contribution >= 4 is 0 Å². The Labute approximate surface area is 124 Å². The van der Waals surface area contributed by atoms with Crippen LogP contribution in [0.25, 0.3) is 0 Å². The molecule has 0 aliphatic rings. The van der Waals surface area contributed by atoms with Crippen LogP contribution in [0.2, 0.25) is 0 Å². The van der Waals surface area contributed by atoms with Gasteiger partial charge in [-0.1, -0.05) is 32.4 Å². The van der Waals surface area contributed by atoms with Crippen molar-refractivity contribution in [1.82, 2.24) is 10.2 Å². The quantitative estimate of drug-likeness (QED) is 0.665. The summed E-state index contributed by atoms with van der Waals surface area (Å²) in [7, 11) is 3.94. The third kappa shape index (κ3) is 5.93. The Morgan fingerprint density at radius 1 is 1.25 bits per heavy atom. The highest BCUT2D eigenvalue weighted by atomic mass is 16.5. The minimum atomic E-state index is 0.595. The third-order valence-corrected chi connectivity index (χ3v) is 3.62. The highest BCUT2D eigenvalue weighted by Gasteiger charge is 2.13. The van der Waals surface area contributed by atoms with Gasteiger partial charge < -0.3 is 10.1 Å². The molecule has 0 saturated carbocycles. The molecule has 3 heteroatoms. The maximum absolute atomic E-state index is 5.29. The van der Waals surface area contributed by atoms with Crippen LogP contribution < -0.4 is 10.1 Å². The highest BCUT2D eigenvalue weighted by molar-refractivity contribution is 5.28. The normalized spacial score (nSPS) is 12.7. The van der Waals surface area contributed by atoms with Gasteiger partial charge in [0.1, 0.15) is 5.75 Å². The molecule has 0 heterocycles. The molecule has 0 aliphatic carbocycles. The second-order valence-corrected chi connectivity index (χ2v) is 5.41. The molecule has 0 fully saturated rings. The summed E-state index contributed by atoms with van der Waals surface area (Å²) in [5.41, 5.74) is 1.31. The van der Waals surface area contributed by atoms with Crippen molar-refractivity contribution in [3.05, 3.63) is 29.8 Å². The smallest absolute Gasteiger partial charge is 0.119 e. The second-order valence-electron chi connectivity index (χ2n) is 5.41. The van der Waals surface area contributed by atoms with Crippen LogP contribution in [-0.2, 0) is 6.54 Å². The van der Waals surface area contributed by atoms with Crippen molar-refractivity contribution in [2.45, 2.75) is 45.7 Å². The molecular formula is C17H30N2O. The molecular weight excluding hydrogens is 248 g/mol. The molecule has 1 atom stereocenters. The zero-order valence-corrected chi connectivity index (χ0v) is 13.5. The van der Waals surface area contributed by atoms with Crippen LogP contribution in [0.1, 0.15) is 38.7 Å². The third-order valence-electron chi connectivity index (χ3n) is 3.62. The first-order chi connectivity index (χ1) is 9.71. The van der Waals surface area contributed by atoms with E-state index in [9.17, 15) is 0 Å². The molecule has 1 rings (SSSR count). The lowest BCUT2D eigenvalue weighted by atomic mass is 10.1. The molecule has 1 N–H and O–H groups in total. The molecule has 1 aromatic carbocycles. The van der Waals surface area contributed by atoms with E-state index >= 15 is 0 Å². The monoisotopic (exact) mass is 278 g/mol. The summed E-state index contributed by atoms with van der Waals surface area (Å²) in [5.74, 6) is 0.937. The van der Waals surface area contributed by atoms with Crippen LogP contribution in [0.4, 0.5) is 0 Å². The molecule has 0 spiro atoms. The van der Waals surface area contributed by atoms with Gasteiger partial charge in [-0.15, -0.1) is 0 Å². The van der Waals surface area contributed by atoms with E-state index in [0.29, 0.717) is 6.04 Å². The van der Waals surface area contributed by atoms with Gasteiger partial charge in [0.05, 0.1) is 7.11 Å². The highest BCUT2D eigenvalue weighted by Crippen LogP contribution is 2.15. The summed E-state index contributed by atoms with van der Waals surface area (Å²) in [5, 5.41) is 3.54. The fourth-order valence-electron chi connectivity index (χ4n) is 2.44. The van der Waals surface area contributed by atoms with E-state index in [1.807, 2.05) is 6.07 Å². The lowest BCUT2D eigenvalue weighted by Crippen LogP contribution is -2.39. The molecule has 20 heavy (non-hydrogen) atoms. The maximum atomic E-state index is 5.29. The van der Waals surface area contributed by atoms with Crippen molar-refractivity contribution in [2.24, 2.45) is 0 Å². The summed E-state index contributed by atoms with van der Waals surface area (Å²) in [6.45, 7) is 7.61. The van der Waals surface area contributed by atoms with Gasteiger partial charge in [0, 0.05) is 19.1 Å². The Morgan fingerprint density at radius 2 is 2.05 bits per heavy atom. The minimum absolute atomic E-state index is 0.595. The fourth-order valence-corrected chi connectivity index (χ4v) is 2.44. The van der Waals surface area contributed by atoms with E-state index in [2.05, 4.69) is 49.3 Å². The van der Waals surface area contributed by atoms with Gasteiger partial charge in [-0.25, -0.2) is 0 Å². The fraction of sp³-hybridized carbons (Fsp3) is 0.647. The Bertz CT molecular complexity index is 368.